The molecule has 0 aliphatic carbocycles. The molecule has 2 fully saturated rings. The smallest absolute Gasteiger partial charge is 0.243 e. The van der Waals surface area contributed by atoms with Gasteiger partial charge in [0.25, 0.3) is 0 Å². The fourth-order valence-electron chi connectivity index (χ4n) is 3.96. The van der Waals surface area contributed by atoms with Crippen LogP contribution in [0.2, 0.25) is 0 Å². The Balaban J connectivity index is 1.56. The van der Waals surface area contributed by atoms with Gasteiger partial charge in [-0.05, 0) is 31.0 Å². The zero-order chi connectivity index (χ0) is 18.3. The van der Waals surface area contributed by atoms with Crippen LogP contribution >= 0.6 is 0 Å². The van der Waals surface area contributed by atoms with E-state index in [1.807, 2.05) is 6.07 Å². The predicted molar refractivity (Wildman–Crippen MR) is 90.1 cm³/mol. The number of halogens is 2. The molecule has 0 saturated carbocycles. The van der Waals surface area contributed by atoms with Gasteiger partial charge in [0.1, 0.15) is 17.7 Å². The van der Waals surface area contributed by atoms with Crippen molar-refractivity contribution in [2.24, 2.45) is 0 Å². The summed E-state index contributed by atoms with van der Waals surface area (Å²) in [7, 11) is -3.96. The van der Waals surface area contributed by atoms with Crippen molar-refractivity contribution in [3.05, 3.63) is 54.2 Å². The number of pyridine rings is 1. The highest BCUT2D eigenvalue weighted by Gasteiger charge is 2.48. The van der Waals surface area contributed by atoms with E-state index in [2.05, 4.69) is 4.98 Å². The van der Waals surface area contributed by atoms with Crippen LogP contribution in [-0.4, -0.2) is 35.9 Å². The van der Waals surface area contributed by atoms with Crippen LogP contribution in [-0.2, 0) is 10.0 Å². The van der Waals surface area contributed by atoms with Gasteiger partial charge in [0.15, 0.2) is 0 Å². The Kier molecular flexibility index (Phi) is 4.40. The highest BCUT2D eigenvalue weighted by molar-refractivity contribution is 7.89. The van der Waals surface area contributed by atoms with Crippen LogP contribution < -0.4 is 4.74 Å². The largest absolute Gasteiger partial charge is 0.474 e. The molecule has 0 spiro atoms. The average molecular weight is 380 g/mol. The molecule has 0 radical (unpaired) electrons. The second-order valence-electron chi connectivity index (χ2n) is 6.70. The third kappa shape index (κ3) is 3.19. The van der Waals surface area contributed by atoms with Crippen molar-refractivity contribution in [2.45, 2.75) is 48.8 Å². The van der Waals surface area contributed by atoms with Gasteiger partial charge in [-0.25, -0.2) is 22.2 Å². The van der Waals surface area contributed by atoms with Crippen molar-refractivity contribution < 1.29 is 21.9 Å². The van der Waals surface area contributed by atoms with Crippen LogP contribution in [0, 0.1) is 11.6 Å². The van der Waals surface area contributed by atoms with E-state index >= 15 is 0 Å². The number of hydrogen-bond donors (Lipinski definition) is 0. The summed E-state index contributed by atoms with van der Waals surface area (Å²) in [6, 6.07) is 7.32. The molecule has 26 heavy (non-hydrogen) atoms. The van der Waals surface area contributed by atoms with Crippen molar-refractivity contribution in [1.29, 1.82) is 0 Å². The Hall–Kier alpha value is -2.06. The zero-order valence-corrected chi connectivity index (χ0v) is 14.7. The molecule has 1 aromatic heterocycles. The molecule has 138 valence electrons. The topological polar surface area (TPSA) is 59.5 Å². The summed E-state index contributed by atoms with van der Waals surface area (Å²) >= 11 is 0. The van der Waals surface area contributed by atoms with Gasteiger partial charge in [-0.15, -0.1) is 0 Å². The number of sulfonamides is 1. The predicted octanol–water partition coefficient (Wildman–Crippen LogP) is 3.12. The van der Waals surface area contributed by atoms with Crippen LogP contribution in [0.1, 0.15) is 25.7 Å². The summed E-state index contributed by atoms with van der Waals surface area (Å²) in [5.74, 6) is -1.28. The van der Waals surface area contributed by atoms with E-state index < -0.39 is 21.7 Å². The average Bonchev–Trinajstić information content (AvgIpc) is 2.87. The quantitative estimate of drug-likeness (QED) is 0.818. The maximum Gasteiger partial charge on any atom is 0.243 e. The summed E-state index contributed by atoms with van der Waals surface area (Å²) < 4.78 is 60.2. The number of fused-ring (bicyclic) bond motifs is 2. The lowest BCUT2D eigenvalue weighted by Gasteiger charge is -2.37. The van der Waals surface area contributed by atoms with Crippen LogP contribution in [0.15, 0.2) is 47.5 Å². The second-order valence-corrected chi connectivity index (χ2v) is 8.55. The lowest BCUT2D eigenvalue weighted by Crippen LogP contribution is -2.49. The maximum absolute atomic E-state index is 13.5. The van der Waals surface area contributed by atoms with E-state index in [0.29, 0.717) is 37.6 Å². The van der Waals surface area contributed by atoms with Crippen molar-refractivity contribution in [3.8, 4) is 5.88 Å². The van der Waals surface area contributed by atoms with Gasteiger partial charge in [-0.1, -0.05) is 6.07 Å². The van der Waals surface area contributed by atoms with E-state index in [4.69, 9.17) is 4.74 Å². The van der Waals surface area contributed by atoms with E-state index in [0.717, 1.165) is 12.1 Å². The lowest BCUT2D eigenvalue weighted by molar-refractivity contribution is 0.0918. The highest BCUT2D eigenvalue weighted by Crippen LogP contribution is 2.40. The van der Waals surface area contributed by atoms with E-state index in [9.17, 15) is 17.2 Å². The third-order valence-electron chi connectivity index (χ3n) is 4.96. The van der Waals surface area contributed by atoms with E-state index in [1.54, 1.807) is 18.3 Å². The number of hydrogen-bond acceptors (Lipinski definition) is 4. The lowest BCUT2D eigenvalue weighted by atomic mass is 10.0. The molecule has 2 unspecified atom stereocenters. The molecule has 5 nitrogen and oxygen atoms in total. The first-order chi connectivity index (χ1) is 12.4. The minimum absolute atomic E-state index is 0.127. The molecule has 2 saturated heterocycles. The first-order valence-corrected chi connectivity index (χ1v) is 9.95. The van der Waals surface area contributed by atoms with Gasteiger partial charge in [-0.3, -0.25) is 0 Å². The Morgan fingerprint density at radius 3 is 2.27 bits per heavy atom. The molecule has 0 amide bonds. The number of rotatable bonds is 4. The van der Waals surface area contributed by atoms with E-state index in [1.165, 1.54) is 4.31 Å². The monoisotopic (exact) mass is 380 g/mol. The number of aromatic nitrogens is 1. The molecule has 2 aromatic rings. The summed E-state index contributed by atoms with van der Waals surface area (Å²) in [4.78, 5) is 3.80. The minimum atomic E-state index is -3.96. The molecule has 2 aliphatic heterocycles. The molecule has 2 bridgehead atoms. The molecule has 4 rings (SSSR count). The molecule has 1 aromatic carbocycles. The Morgan fingerprint density at radius 1 is 1.04 bits per heavy atom. The SMILES string of the molecule is O=S(=O)(c1cc(F)cc(F)c1)N1C2CCC1CC(Oc1ccccn1)C2. The van der Waals surface area contributed by atoms with Gasteiger partial charge >= 0.3 is 0 Å². The molecule has 3 heterocycles. The Bertz CT molecular complexity index is 874. The van der Waals surface area contributed by atoms with Crippen molar-refractivity contribution in [2.75, 3.05) is 0 Å². The van der Waals surface area contributed by atoms with Crippen LogP contribution in [0.3, 0.4) is 0 Å². The van der Waals surface area contributed by atoms with Gasteiger partial charge in [0, 0.05) is 43.3 Å². The van der Waals surface area contributed by atoms with Crippen LogP contribution in [0.4, 0.5) is 8.78 Å². The standard InChI is InChI=1S/C18H18F2N2O3S/c19-12-7-13(20)9-17(8-12)26(23,24)22-14-4-5-15(22)11-16(10-14)25-18-3-1-2-6-21-18/h1-3,6-9,14-16H,4-5,10-11H2. The molecular weight excluding hydrogens is 362 g/mol. The van der Waals surface area contributed by atoms with Gasteiger partial charge < -0.3 is 4.74 Å². The number of ether oxygens (including phenoxy) is 1. The van der Waals surface area contributed by atoms with Gasteiger partial charge in [-0.2, -0.15) is 4.31 Å². The summed E-state index contributed by atoms with van der Waals surface area (Å²) in [6.07, 6.45) is 4.00. The fourth-order valence-corrected chi connectivity index (χ4v) is 5.89. The maximum atomic E-state index is 13.5. The molecular formula is C18H18F2N2O3S. The van der Waals surface area contributed by atoms with Gasteiger partial charge in [0.05, 0.1) is 4.90 Å². The molecule has 0 N–H and O–H groups in total. The Labute approximate surface area is 150 Å². The fraction of sp³-hybridized carbons (Fsp3) is 0.389. The third-order valence-corrected chi connectivity index (χ3v) is 6.94. The first kappa shape index (κ1) is 17.4. The number of benzene rings is 1. The van der Waals surface area contributed by atoms with Gasteiger partial charge in [0.2, 0.25) is 15.9 Å². The first-order valence-electron chi connectivity index (χ1n) is 8.51. The molecule has 2 atom stereocenters. The van der Waals surface area contributed by atoms with Crippen LogP contribution in [0.25, 0.3) is 0 Å². The molecule has 8 heteroatoms. The minimum Gasteiger partial charge on any atom is -0.474 e. The van der Waals surface area contributed by atoms with Crippen molar-refractivity contribution >= 4 is 10.0 Å². The van der Waals surface area contributed by atoms with Crippen molar-refractivity contribution in [1.82, 2.24) is 9.29 Å². The second kappa shape index (κ2) is 6.59. The summed E-state index contributed by atoms with van der Waals surface area (Å²) in [5, 5.41) is 0. The van der Waals surface area contributed by atoms with Crippen molar-refractivity contribution in [3.63, 3.8) is 0 Å². The number of nitrogens with zero attached hydrogens (tertiary/aromatic N) is 2. The summed E-state index contributed by atoms with van der Waals surface area (Å²) in [5.41, 5.74) is 0. The zero-order valence-electron chi connectivity index (χ0n) is 13.9. The van der Waals surface area contributed by atoms with Crippen LogP contribution in [0.5, 0.6) is 5.88 Å². The molecule has 2 aliphatic rings. The summed E-state index contributed by atoms with van der Waals surface area (Å²) in [6.45, 7) is 0. The number of piperidine rings is 1. The Morgan fingerprint density at radius 2 is 1.69 bits per heavy atom. The van der Waals surface area contributed by atoms with E-state index in [-0.39, 0.29) is 23.1 Å². The highest BCUT2D eigenvalue weighted by atomic mass is 32.2. The normalized spacial score (nSPS) is 26.0.